The van der Waals surface area contributed by atoms with Gasteiger partial charge in [0.1, 0.15) is 0 Å². The third-order valence-corrected chi connectivity index (χ3v) is 1.60. The normalized spacial score (nSPS) is 6.88. The van der Waals surface area contributed by atoms with E-state index in [-0.39, 0.29) is 42.8 Å². The maximum absolute atomic E-state index is 8.93. The van der Waals surface area contributed by atoms with Gasteiger partial charge >= 0.3 is 29.6 Å². The van der Waals surface area contributed by atoms with Crippen molar-refractivity contribution < 1.29 is 39.8 Å². The molecule has 0 aliphatic heterocycles. The van der Waals surface area contributed by atoms with Crippen LogP contribution in [-0.2, 0) is 0 Å². The molecule has 0 saturated heterocycles. The van der Waals surface area contributed by atoms with Gasteiger partial charge in [-0.05, 0) is 26.7 Å². The Morgan fingerprint density at radius 3 is 1.38 bits per heavy atom. The molecular formula is C12H28BrNaO2. The molecule has 0 radical (unpaired) electrons. The molecule has 0 atom stereocenters. The van der Waals surface area contributed by atoms with Gasteiger partial charge in [0.05, 0.1) is 0 Å². The van der Waals surface area contributed by atoms with Crippen molar-refractivity contribution >= 4 is 15.9 Å². The standard InChI is InChI=1S/C4H9Br.C4H8.C2H6O.C2H5O.Na/c1-4(2)3-5;1-4(2)3;2*1-2-3;/h4H,3H2,1-2H3;1H2,2-3H3;3H,2H2,1H3;2H2,1H3;/q;;;-1;+1. The molecule has 16 heavy (non-hydrogen) atoms. The summed E-state index contributed by atoms with van der Waals surface area (Å²) in [5, 5.41) is 17.6. The first kappa shape index (κ1) is 30.3. The second kappa shape index (κ2) is 36.0. The van der Waals surface area contributed by atoms with Gasteiger partial charge in [-0.2, -0.15) is 0 Å². The van der Waals surface area contributed by atoms with Crippen LogP contribution in [0.5, 0.6) is 0 Å². The largest absolute Gasteiger partial charge is 1.00 e. The van der Waals surface area contributed by atoms with Gasteiger partial charge in [0, 0.05) is 11.9 Å². The Balaban J connectivity index is -0.0000000338. The maximum atomic E-state index is 8.93. The average Bonchev–Trinajstić information content (AvgIpc) is 2.06. The SMILES string of the molecule is C=C(C)C.CC(C)CBr.CCO.CC[O-].[Na+]. The van der Waals surface area contributed by atoms with Crippen LogP contribution < -0.4 is 34.7 Å². The number of aliphatic hydroxyl groups is 1. The summed E-state index contributed by atoms with van der Waals surface area (Å²) in [4.78, 5) is 0. The minimum atomic E-state index is 0. The number of halogens is 1. The first-order chi connectivity index (χ1) is 6.83. The Morgan fingerprint density at radius 1 is 1.31 bits per heavy atom. The molecule has 1 N–H and O–H groups in total. The fraction of sp³-hybridized carbons (Fsp3) is 0.833. The van der Waals surface area contributed by atoms with Gasteiger partial charge in [-0.25, -0.2) is 0 Å². The molecule has 0 saturated carbocycles. The molecule has 0 rings (SSSR count). The van der Waals surface area contributed by atoms with Gasteiger partial charge in [0.15, 0.2) is 0 Å². The van der Waals surface area contributed by atoms with Gasteiger partial charge in [0.2, 0.25) is 0 Å². The number of rotatable bonds is 1. The van der Waals surface area contributed by atoms with E-state index >= 15 is 0 Å². The van der Waals surface area contributed by atoms with E-state index in [1.54, 1.807) is 13.8 Å². The molecule has 0 fully saturated rings. The van der Waals surface area contributed by atoms with Crippen molar-refractivity contribution in [1.29, 1.82) is 0 Å². The Kier molecular flexibility index (Phi) is 68.1. The summed E-state index contributed by atoms with van der Waals surface area (Å²) < 4.78 is 0. The van der Waals surface area contributed by atoms with E-state index < -0.39 is 0 Å². The maximum Gasteiger partial charge on any atom is 1.00 e. The molecule has 4 heteroatoms. The summed E-state index contributed by atoms with van der Waals surface area (Å²) in [7, 11) is 0. The zero-order chi connectivity index (χ0) is 13.3. The van der Waals surface area contributed by atoms with E-state index in [9.17, 15) is 0 Å². The number of aliphatic hydroxyl groups excluding tert-OH is 1. The van der Waals surface area contributed by atoms with Crippen LogP contribution in [0, 0.1) is 5.92 Å². The molecule has 0 aromatic carbocycles. The monoisotopic (exact) mass is 306 g/mol. The molecule has 96 valence electrons. The molecule has 0 heterocycles. The van der Waals surface area contributed by atoms with Crippen molar-refractivity contribution in [2.24, 2.45) is 5.92 Å². The quantitative estimate of drug-likeness (QED) is 0.421. The van der Waals surface area contributed by atoms with E-state index in [4.69, 9.17) is 10.2 Å². The zero-order valence-corrected chi connectivity index (χ0v) is 15.7. The summed E-state index contributed by atoms with van der Waals surface area (Å²) in [5.41, 5.74) is 1.17. The fourth-order valence-electron chi connectivity index (χ4n) is 0. The third-order valence-electron chi connectivity index (χ3n) is 0.309. The minimum absolute atomic E-state index is 0. The number of allylic oxidation sites excluding steroid dienone is 1. The van der Waals surface area contributed by atoms with Gasteiger partial charge < -0.3 is 10.2 Å². The van der Waals surface area contributed by atoms with Gasteiger partial charge in [-0.3, -0.25) is 0 Å². The predicted octanol–water partition coefficient (Wildman–Crippen LogP) is -0.0111. The second-order valence-corrected chi connectivity index (χ2v) is 4.01. The van der Waals surface area contributed by atoms with Crippen LogP contribution >= 0.6 is 15.9 Å². The van der Waals surface area contributed by atoms with E-state index in [0.717, 1.165) is 11.2 Å². The predicted molar refractivity (Wildman–Crippen MR) is 72.4 cm³/mol. The molecular weight excluding hydrogens is 279 g/mol. The average molecular weight is 307 g/mol. The van der Waals surface area contributed by atoms with E-state index in [1.807, 2.05) is 13.8 Å². The molecule has 0 aliphatic carbocycles. The molecule has 0 aromatic rings. The number of hydrogen-bond donors (Lipinski definition) is 1. The summed E-state index contributed by atoms with van der Waals surface area (Å²) in [6, 6.07) is 0. The number of alkyl halides is 1. The smallest absolute Gasteiger partial charge is 0.855 e. The first-order valence-electron chi connectivity index (χ1n) is 5.20. The summed E-state index contributed by atoms with van der Waals surface area (Å²) in [6.45, 7) is 15.4. The van der Waals surface area contributed by atoms with Crippen molar-refractivity contribution in [2.45, 2.75) is 41.5 Å². The fourth-order valence-corrected chi connectivity index (χ4v) is 0. The van der Waals surface area contributed by atoms with Crippen LogP contribution in [0.4, 0.5) is 0 Å². The van der Waals surface area contributed by atoms with Gasteiger partial charge in [-0.15, -0.1) is 13.2 Å². The van der Waals surface area contributed by atoms with E-state index in [2.05, 4.69) is 36.4 Å². The Morgan fingerprint density at radius 2 is 1.38 bits per heavy atom. The molecule has 0 aromatic heterocycles. The van der Waals surface area contributed by atoms with Crippen molar-refractivity contribution in [1.82, 2.24) is 0 Å². The Hall–Kier alpha value is 1.14. The van der Waals surface area contributed by atoms with Crippen molar-refractivity contribution in [3.8, 4) is 0 Å². The minimum Gasteiger partial charge on any atom is -0.855 e. The first-order valence-corrected chi connectivity index (χ1v) is 6.32. The molecule has 2 nitrogen and oxygen atoms in total. The Bertz CT molecular complexity index is 93.0. The topological polar surface area (TPSA) is 43.3 Å². The van der Waals surface area contributed by atoms with Crippen molar-refractivity contribution in [3.63, 3.8) is 0 Å². The molecule has 0 bridgehead atoms. The molecule has 0 aliphatic rings. The van der Waals surface area contributed by atoms with Crippen LogP contribution in [-0.4, -0.2) is 23.7 Å². The van der Waals surface area contributed by atoms with Crippen LogP contribution in [0.25, 0.3) is 0 Å². The van der Waals surface area contributed by atoms with Crippen molar-refractivity contribution in [3.05, 3.63) is 12.2 Å². The summed E-state index contributed by atoms with van der Waals surface area (Å²) >= 11 is 3.31. The van der Waals surface area contributed by atoms with Crippen LogP contribution in [0.2, 0.25) is 0 Å². The summed E-state index contributed by atoms with van der Waals surface area (Å²) in [5.74, 6) is 0.801. The van der Waals surface area contributed by atoms with Gasteiger partial charge in [-0.1, -0.05) is 42.3 Å². The second-order valence-electron chi connectivity index (χ2n) is 3.36. The van der Waals surface area contributed by atoms with Gasteiger partial charge in [0.25, 0.3) is 0 Å². The van der Waals surface area contributed by atoms with Crippen LogP contribution in [0.3, 0.4) is 0 Å². The van der Waals surface area contributed by atoms with Crippen LogP contribution in [0.1, 0.15) is 41.5 Å². The number of hydrogen-bond acceptors (Lipinski definition) is 2. The van der Waals surface area contributed by atoms with Crippen molar-refractivity contribution in [2.75, 3.05) is 18.5 Å². The summed E-state index contributed by atoms with van der Waals surface area (Å²) in [6.07, 6.45) is 0. The van der Waals surface area contributed by atoms with E-state index in [1.165, 1.54) is 5.57 Å². The Labute approximate surface area is 133 Å². The molecule has 0 spiro atoms. The molecule has 0 unspecified atom stereocenters. The molecule has 0 amide bonds. The van der Waals surface area contributed by atoms with E-state index in [0.29, 0.717) is 0 Å². The van der Waals surface area contributed by atoms with Crippen LogP contribution in [0.15, 0.2) is 12.2 Å². The third kappa shape index (κ3) is 307. The zero-order valence-electron chi connectivity index (χ0n) is 12.1.